The van der Waals surface area contributed by atoms with Gasteiger partial charge >= 0.3 is 6.09 Å². The summed E-state index contributed by atoms with van der Waals surface area (Å²) < 4.78 is 32.8. The minimum Gasteiger partial charge on any atom is -0.444 e. The van der Waals surface area contributed by atoms with Crippen LogP contribution >= 0.6 is 11.6 Å². The summed E-state index contributed by atoms with van der Waals surface area (Å²) in [6, 6.07) is 3.45. The van der Waals surface area contributed by atoms with E-state index in [9.17, 15) is 18.4 Å². The van der Waals surface area contributed by atoms with Crippen molar-refractivity contribution in [3.8, 4) is 0 Å². The predicted octanol–water partition coefficient (Wildman–Crippen LogP) is 3.44. The van der Waals surface area contributed by atoms with Gasteiger partial charge in [0.05, 0.1) is 11.6 Å². The van der Waals surface area contributed by atoms with Crippen molar-refractivity contribution in [2.75, 3.05) is 6.54 Å². The van der Waals surface area contributed by atoms with Gasteiger partial charge in [0, 0.05) is 18.5 Å². The third kappa shape index (κ3) is 5.04. The van der Waals surface area contributed by atoms with Crippen LogP contribution in [-0.2, 0) is 16.1 Å². The number of nitrogens with zero attached hydrogens (tertiary/aromatic N) is 1. The number of hydrogen-bond donors (Lipinski definition) is 1. The molecule has 1 fully saturated rings. The van der Waals surface area contributed by atoms with Gasteiger partial charge in [-0.25, -0.2) is 13.6 Å². The number of ether oxygens (including phenoxy) is 1. The number of carbonyl (C=O) groups excluding carboxylic acids is 2. The Balaban J connectivity index is 2.03. The molecular weight excluding hydrogens is 354 g/mol. The van der Waals surface area contributed by atoms with Crippen LogP contribution in [0.3, 0.4) is 0 Å². The van der Waals surface area contributed by atoms with Crippen LogP contribution in [0.5, 0.6) is 0 Å². The molecule has 0 saturated carbocycles. The Labute approximate surface area is 150 Å². The molecule has 2 atom stereocenters. The molecule has 0 unspecified atom stereocenters. The number of alkyl halides is 1. The van der Waals surface area contributed by atoms with Crippen LogP contribution in [0.1, 0.15) is 32.8 Å². The Hall–Kier alpha value is -1.89. The van der Waals surface area contributed by atoms with E-state index in [0.717, 1.165) is 4.90 Å². The maximum atomic E-state index is 13.9. The fourth-order valence-electron chi connectivity index (χ4n) is 2.54. The fourth-order valence-corrected chi connectivity index (χ4v) is 2.73. The van der Waals surface area contributed by atoms with E-state index in [1.807, 2.05) is 0 Å². The van der Waals surface area contributed by atoms with Crippen LogP contribution in [0.2, 0.25) is 5.02 Å². The largest absolute Gasteiger partial charge is 0.444 e. The van der Waals surface area contributed by atoms with E-state index in [4.69, 9.17) is 16.3 Å². The van der Waals surface area contributed by atoms with Gasteiger partial charge in [-0.05, 0) is 26.8 Å². The summed E-state index contributed by atoms with van der Waals surface area (Å²) in [4.78, 5) is 25.6. The highest BCUT2D eigenvalue weighted by Crippen LogP contribution is 2.24. The van der Waals surface area contributed by atoms with Crippen LogP contribution in [0.15, 0.2) is 18.2 Å². The monoisotopic (exact) mass is 374 g/mol. The first-order chi connectivity index (χ1) is 11.6. The number of nitrogens with one attached hydrogen (secondary N) is 1. The van der Waals surface area contributed by atoms with Gasteiger partial charge < -0.3 is 10.1 Å². The van der Waals surface area contributed by atoms with Crippen molar-refractivity contribution in [2.45, 2.75) is 51.6 Å². The van der Waals surface area contributed by atoms with Crippen molar-refractivity contribution >= 4 is 23.6 Å². The van der Waals surface area contributed by atoms with Crippen molar-refractivity contribution in [2.24, 2.45) is 0 Å². The minimum absolute atomic E-state index is 0.0492. The van der Waals surface area contributed by atoms with Gasteiger partial charge in [-0.15, -0.1) is 0 Å². The minimum atomic E-state index is -1.31. The molecule has 1 aliphatic rings. The molecule has 1 N–H and O–H groups in total. The van der Waals surface area contributed by atoms with Gasteiger partial charge in [0.1, 0.15) is 23.6 Å². The molecule has 25 heavy (non-hydrogen) atoms. The maximum Gasteiger partial charge on any atom is 0.411 e. The molecule has 1 aromatic carbocycles. The highest BCUT2D eigenvalue weighted by molar-refractivity contribution is 6.30. The molecule has 0 radical (unpaired) electrons. The topological polar surface area (TPSA) is 58.6 Å². The second kappa shape index (κ2) is 7.56. The zero-order chi connectivity index (χ0) is 18.8. The zero-order valence-corrected chi connectivity index (χ0v) is 15.1. The van der Waals surface area contributed by atoms with Crippen molar-refractivity contribution in [1.82, 2.24) is 10.2 Å². The first kappa shape index (κ1) is 19.4. The lowest BCUT2D eigenvalue weighted by molar-refractivity contribution is -0.125. The van der Waals surface area contributed by atoms with E-state index in [0.29, 0.717) is 0 Å². The Morgan fingerprint density at radius 3 is 2.72 bits per heavy atom. The van der Waals surface area contributed by atoms with Gasteiger partial charge in [0.15, 0.2) is 0 Å². The molecule has 1 saturated heterocycles. The van der Waals surface area contributed by atoms with E-state index in [2.05, 4.69) is 5.32 Å². The van der Waals surface area contributed by atoms with Crippen LogP contribution in [0.25, 0.3) is 0 Å². The fraction of sp³-hybridized carbons (Fsp3) is 0.529. The van der Waals surface area contributed by atoms with E-state index in [1.165, 1.54) is 12.1 Å². The third-order valence-electron chi connectivity index (χ3n) is 3.67. The van der Waals surface area contributed by atoms with Crippen LogP contribution in [-0.4, -0.2) is 41.3 Å². The van der Waals surface area contributed by atoms with E-state index in [-0.39, 0.29) is 30.1 Å². The number of benzene rings is 1. The molecule has 8 heteroatoms. The van der Waals surface area contributed by atoms with Crippen LogP contribution in [0.4, 0.5) is 13.6 Å². The van der Waals surface area contributed by atoms with E-state index >= 15 is 0 Å². The van der Waals surface area contributed by atoms with Crippen LogP contribution < -0.4 is 5.32 Å². The molecule has 1 aliphatic heterocycles. The molecule has 0 bridgehead atoms. The Morgan fingerprint density at radius 2 is 2.08 bits per heavy atom. The van der Waals surface area contributed by atoms with Crippen molar-refractivity contribution in [3.63, 3.8) is 0 Å². The summed E-state index contributed by atoms with van der Waals surface area (Å²) in [5.41, 5.74) is -0.546. The molecule has 1 heterocycles. The lowest BCUT2D eigenvalue weighted by Gasteiger charge is -2.27. The highest BCUT2D eigenvalue weighted by atomic mass is 35.5. The van der Waals surface area contributed by atoms with Gasteiger partial charge in [0.25, 0.3) is 0 Å². The first-order valence-electron chi connectivity index (χ1n) is 7.93. The average molecular weight is 375 g/mol. The summed E-state index contributed by atoms with van der Waals surface area (Å²) >= 11 is 5.69. The predicted molar refractivity (Wildman–Crippen MR) is 89.5 cm³/mol. The molecule has 2 amide bonds. The van der Waals surface area contributed by atoms with Crippen molar-refractivity contribution in [1.29, 1.82) is 0 Å². The molecule has 0 aromatic heterocycles. The number of rotatable bonds is 3. The summed E-state index contributed by atoms with van der Waals surface area (Å²) in [6.45, 7) is 4.74. The molecule has 0 aliphatic carbocycles. The maximum absolute atomic E-state index is 13.9. The summed E-state index contributed by atoms with van der Waals surface area (Å²) in [6.07, 6.45) is -2.18. The summed E-state index contributed by atoms with van der Waals surface area (Å²) in [5, 5.41) is 2.47. The second-order valence-corrected chi connectivity index (χ2v) is 7.32. The average Bonchev–Trinajstić information content (AvgIpc) is 2.89. The van der Waals surface area contributed by atoms with Crippen molar-refractivity contribution < 1.29 is 23.1 Å². The summed E-state index contributed by atoms with van der Waals surface area (Å²) in [7, 11) is 0. The number of likely N-dealkylation sites (tertiary alicyclic amines) is 1. The van der Waals surface area contributed by atoms with Crippen molar-refractivity contribution in [3.05, 3.63) is 34.6 Å². The number of hydrogen-bond acceptors (Lipinski definition) is 3. The molecular formula is C17H21ClF2N2O3. The lowest BCUT2D eigenvalue weighted by atomic mass is 10.1. The van der Waals surface area contributed by atoms with Gasteiger partial charge in [-0.3, -0.25) is 9.69 Å². The van der Waals surface area contributed by atoms with E-state index in [1.54, 1.807) is 26.8 Å². The molecule has 0 spiro atoms. The smallest absolute Gasteiger partial charge is 0.411 e. The third-order valence-corrected chi connectivity index (χ3v) is 3.96. The molecule has 1 aromatic rings. The summed E-state index contributed by atoms with van der Waals surface area (Å²) in [5.74, 6) is -1.19. The normalized spacial score (nSPS) is 20.5. The van der Waals surface area contributed by atoms with Gasteiger partial charge in [-0.1, -0.05) is 23.7 Å². The van der Waals surface area contributed by atoms with Crippen LogP contribution in [0, 0.1) is 5.82 Å². The van der Waals surface area contributed by atoms with Gasteiger partial charge in [-0.2, -0.15) is 0 Å². The standard InChI is InChI=1S/C17H21ClF2N2O3/c1-17(2,3)25-16(24)22-9-11(19)7-13(22)15(23)21-8-10-5-4-6-12(18)14(10)20/h4-6,11,13H,7-9H2,1-3H3,(H,21,23)/t11-,13-/m1/s1. The quantitative estimate of drug-likeness (QED) is 0.881. The Kier molecular flexibility index (Phi) is 5.87. The van der Waals surface area contributed by atoms with Gasteiger partial charge in [0.2, 0.25) is 5.91 Å². The molecule has 5 nitrogen and oxygen atoms in total. The second-order valence-electron chi connectivity index (χ2n) is 6.91. The first-order valence-corrected chi connectivity index (χ1v) is 8.30. The zero-order valence-electron chi connectivity index (χ0n) is 14.3. The number of halogens is 3. The SMILES string of the molecule is CC(C)(C)OC(=O)N1C[C@H](F)C[C@@H]1C(=O)NCc1cccc(Cl)c1F. The van der Waals surface area contributed by atoms with E-state index < -0.39 is 35.6 Å². The lowest BCUT2D eigenvalue weighted by Crippen LogP contribution is -2.47. The molecule has 138 valence electrons. The number of amides is 2. The Morgan fingerprint density at radius 1 is 1.40 bits per heavy atom. The highest BCUT2D eigenvalue weighted by Gasteiger charge is 2.41. The number of carbonyl (C=O) groups is 2. The Bertz CT molecular complexity index is 664. The molecule has 2 rings (SSSR count).